The minimum atomic E-state index is 0.990. The number of rotatable bonds is 15. The quantitative estimate of drug-likeness (QED) is 0.183. The van der Waals surface area contributed by atoms with Gasteiger partial charge in [0.05, 0.1) is 0 Å². The van der Waals surface area contributed by atoms with E-state index in [2.05, 4.69) is 76.2 Å². The summed E-state index contributed by atoms with van der Waals surface area (Å²) in [5.74, 6) is 0. The van der Waals surface area contributed by atoms with Crippen LogP contribution < -0.4 is 0 Å². The van der Waals surface area contributed by atoms with Gasteiger partial charge in [-0.1, -0.05) is 95.5 Å². The van der Waals surface area contributed by atoms with Crippen molar-refractivity contribution in [2.45, 2.75) is 111 Å². The summed E-state index contributed by atoms with van der Waals surface area (Å²) in [5, 5.41) is 0. The van der Waals surface area contributed by atoms with Crippen LogP contribution in [0.4, 0.5) is 0 Å². The monoisotopic (exact) mass is 470 g/mol. The van der Waals surface area contributed by atoms with E-state index in [0.29, 0.717) is 0 Å². The molecule has 35 heavy (non-hydrogen) atoms. The molecule has 0 aromatic heterocycles. The molecule has 2 nitrogen and oxygen atoms in total. The Morgan fingerprint density at radius 3 is 1.74 bits per heavy atom. The summed E-state index contributed by atoms with van der Waals surface area (Å²) >= 11 is 0. The van der Waals surface area contributed by atoms with E-state index in [1.54, 1.807) is 0 Å². The first-order valence-corrected chi connectivity index (χ1v) is 14.2. The first-order valence-electron chi connectivity index (χ1n) is 14.2. The van der Waals surface area contributed by atoms with Crippen LogP contribution in [0.3, 0.4) is 0 Å². The number of hydrogen-bond acceptors (Lipinski definition) is 0. The molecule has 0 bridgehead atoms. The Hall–Kier alpha value is -2.48. The van der Waals surface area contributed by atoms with Crippen molar-refractivity contribution in [2.24, 2.45) is 0 Å². The van der Waals surface area contributed by atoms with Crippen LogP contribution in [0.15, 0.2) is 59.7 Å². The fourth-order valence-corrected chi connectivity index (χ4v) is 5.27. The lowest BCUT2D eigenvalue weighted by Gasteiger charge is -2.11. The largest absolute Gasteiger partial charge is 0.493 e. The molecule has 0 saturated carbocycles. The summed E-state index contributed by atoms with van der Waals surface area (Å²) in [6, 6.07) is 17.5. The van der Waals surface area contributed by atoms with Crippen molar-refractivity contribution in [3.05, 3.63) is 87.5 Å². The summed E-state index contributed by atoms with van der Waals surface area (Å²) < 4.78 is 1.52. The second-order valence-corrected chi connectivity index (χ2v) is 10.3. The van der Waals surface area contributed by atoms with Gasteiger partial charge in [-0.3, -0.25) is 0 Å². The molecule has 188 valence electrons. The maximum absolute atomic E-state index is 11.7. The Morgan fingerprint density at radius 1 is 0.600 bits per heavy atom. The Bertz CT molecular complexity index is 1040. The molecule has 2 heteroatoms. The highest BCUT2D eigenvalue weighted by atomic mass is 15.2. The van der Waals surface area contributed by atoms with Crippen LogP contribution in [-0.4, -0.2) is 4.70 Å². The third kappa shape index (κ3) is 7.26. The molecule has 0 saturated heterocycles. The van der Waals surface area contributed by atoms with Gasteiger partial charge in [0.25, 0.3) is 0 Å². The van der Waals surface area contributed by atoms with E-state index < -0.39 is 0 Å². The molecule has 0 unspecified atom stereocenters. The maximum atomic E-state index is 11.7. The van der Waals surface area contributed by atoms with Gasteiger partial charge in [0.2, 0.25) is 11.4 Å². The molecule has 2 aromatic carbocycles. The van der Waals surface area contributed by atoms with Crippen LogP contribution in [0.2, 0.25) is 0 Å². The first kappa shape index (κ1) is 27.1. The van der Waals surface area contributed by atoms with Crippen LogP contribution >= 0.6 is 0 Å². The predicted molar refractivity (Wildman–Crippen MR) is 151 cm³/mol. The Labute approximate surface area is 214 Å². The highest BCUT2D eigenvalue weighted by molar-refractivity contribution is 5.82. The average Bonchev–Trinajstić information content (AvgIpc) is 3.14. The van der Waals surface area contributed by atoms with Crippen molar-refractivity contribution in [1.29, 1.82) is 0 Å². The summed E-state index contributed by atoms with van der Waals surface area (Å²) in [4.78, 5) is 0. The zero-order valence-corrected chi connectivity index (χ0v) is 22.7. The van der Waals surface area contributed by atoms with Crippen molar-refractivity contribution in [2.75, 3.05) is 0 Å². The first-order chi connectivity index (χ1) is 17.1. The van der Waals surface area contributed by atoms with Crippen LogP contribution in [-0.2, 0) is 6.42 Å². The Morgan fingerprint density at radius 2 is 1.14 bits per heavy atom. The lowest BCUT2D eigenvalue weighted by Crippen LogP contribution is -2.03. The van der Waals surface area contributed by atoms with Gasteiger partial charge in [0, 0.05) is 22.3 Å². The smallest absolute Gasteiger partial charge is 0.211 e. The number of unbranched alkanes of at least 4 members (excludes halogenated alkanes) is 7. The van der Waals surface area contributed by atoms with Gasteiger partial charge >= 0.3 is 0 Å². The zero-order chi connectivity index (χ0) is 25.0. The number of aryl methyl sites for hydroxylation is 2. The highest BCUT2D eigenvalue weighted by Crippen LogP contribution is 2.44. The minimum absolute atomic E-state index is 0.990. The van der Waals surface area contributed by atoms with Crippen molar-refractivity contribution in [3.8, 4) is 0 Å². The van der Waals surface area contributed by atoms with E-state index >= 15 is 0 Å². The molecule has 2 aromatic rings. The number of nitrogens with zero attached hydrogens (tertiary/aromatic N) is 2. The van der Waals surface area contributed by atoms with Crippen molar-refractivity contribution < 1.29 is 4.70 Å². The SMILES string of the molecule is CCCCCCCCc1cccc(C2=C(CCCC)C(CCCC)=C(c3cccc(C)c3)[N+]2=[N-])c1. The van der Waals surface area contributed by atoms with Gasteiger partial charge in [-0.2, -0.15) is 0 Å². The summed E-state index contributed by atoms with van der Waals surface area (Å²) in [5.41, 5.74) is 21.2. The number of hydrogen-bond donors (Lipinski definition) is 0. The highest BCUT2D eigenvalue weighted by Gasteiger charge is 2.35. The molecule has 0 N–H and O–H groups in total. The maximum Gasteiger partial charge on any atom is 0.211 e. The summed E-state index contributed by atoms with van der Waals surface area (Å²) in [6.45, 7) is 8.91. The Kier molecular flexibility index (Phi) is 11.0. The topological polar surface area (TPSA) is 25.3 Å². The van der Waals surface area contributed by atoms with Crippen LogP contribution in [0.1, 0.15) is 120 Å². The molecule has 0 radical (unpaired) electrons. The molecular weight excluding hydrogens is 424 g/mol. The molecule has 0 amide bonds. The van der Waals surface area contributed by atoms with Gasteiger partial charge in [-0.05, 0) is 75.3 Å². The van der Waals surface area contributed by atoms with Crippen molar-refractivity contribution in [1.82, 2.24) is 0 Å². The molecule has 0 aliphatic carbocycles. The molecule has 0 atom stereocenters. The van der Waals surface area contributed by atoms with Gasteiger partial charge in [0.15, 0.2) is 0 Å². The fourth-order valence-electron chi connectivity index (χ4n) is 5.27. The van der Waals surface area contributed by atoms with E-state index in [-0.39, 0.29) is 0 Å². The third-order valence-electron chi connectivity index (χ3n) is 7.23. The van der Waals surface area contributed by atoms with Gasteiger partial charge in [0.1, 0.15) is 0 Å². The van der Waals surface area contributed by atoms with E-state index in [1.807, 2.05) is 0 Å². The van der Waals surface area contributed by atoms with Gasteiger partial charge in [-0.15, -0.1) is 0 Å². The molecule has 0 fully saturated rings. The summed E-state index contributed by atoms with van der Waals surface area (Å²) in [7, 11) is 0. The van der Waals surface area contributed by atoms with Gasteiger partial charge < -0.3 is 5.53 Å². The predicted octanol–water partition coefficient (Wildman–Crippen LogP) is 10.4. The standard InChI is InChI=1S/C33H46N2/c1-5-8-11-12-13-14-18-27-19-16-21-29(25-27)33-31(23-10-7-3)30(22-9-6-2)32(35(33)34)28-20-15-17-26(4)24-28/h15-17,19-21,24-25H,5-14,18,22-23H2,1-4H3. The molecule has 1 heterocycles. The molecule has 3 rings (SSSR count). The molecule has 1 aliphatic rings. The van der Waals surface area contributed by atoms with Crippen LogP contribution in [0.25, 0.3) is 16.9 Å². The van der Waals surface area contributed by atoms with Crippen molar-refractivity contribution >= 4 is 11.4 Å². The lowest BCUT2D eigenvalue weighted by atomic mass is 9.91. The van der Waals surface area contributed by atoms with Crippen LogP contribution in [0.5, 0.6) is 0 Å². The number of allylic oxidation sites excluding steroid dienone is 2. The third-order valence-corrected chi connectivity index (χ3v) is 7.23. The second-order valence-electron chi connectivity index (χ2n) is 10.3. The molecular formula is C33H46N2. The molecule has 1 aliphatic heterocycles. The molecule has 0 spiro atoms. The fraction of sp³-hybridized carbons (Fsp3) is 0.515. The van der Waals surface area contributed by atoms with Crippen molar-refractivity contribution in [3.63, 3.8) is 0 Å². The number of benzene rings is 2. The summed E-state index contributed by atoms with van der Waals surface area (Å²) in [6.07, 6.45) is 15.6. The normalized spacial score (nSPS) is 13.9. The van der Waals surface area contributed by atoms with E-state index in [0.717, 1.165) is 67.5 Å². The van der Waals surface area contributed by atoms with Gasteiger partial charge in [-0.25, -0.2) is 4.70 Å². The second kappa shape index (κ2) is 14.2. The van der Waals surface area contributed by atoms with E-state index in [4.69, 9.17) is 0 Å². The lowest BCUT2D eigenvalue weighted by molar-refractivity contribution is -0.345. The average molecular weight is 471 g/mol. The minimum Gasteiger partial charge on any atom is -0.493 e. The van der Waals surface area contributed by atoms with Crippen LogP contribution in [0, 0.1) is 6.92 Å². The van der Waals surface area contributed by atoms with E-state index in [9.17, 15) is 5.53 Å². The zero-order valence-electron chi connectivity index (χ0n) is 22.7. The Balaban J connectivity index is 1.94. The van der Waals surface area contributed by atoms with E-state index in [1.165, 1.54) is 65.5 Å².